The van der Waals surface area contributed by atoms with Crippen molar-refractivity contribution in [1.82, 2.24) is 0 Å². The van der Waals surface area contributed by atoms with E-state index < -0.39 is 30.8 Å². The average Bonchev–Trinajstić information content (AvgIpc) is 3.19. The topological polar surface area (TPSA) is 169 Å². The number of esters is 5. The molecular weight excluding hydrogens is 696 g/mol. The second-order valence-corrected chi connectivity index (χ2v) is 15.8. The molecule has 1 unspecified atom stereocenters. The van der Waals surface area contributed by atoms with Gasteiger partial charge in [-0.05, 0) is 49.9 Å². The lowest BCUT2D eigenvalue weighted by atomic mass is 9.86. The maximum Gasteiger partial charge on any atom is 0.306 e. The molecule has 0 aromatic heterocycles. The molecule has 1 N–H and O–H groups in total. The van der Waals surface area contributed by atoms with Crippen molar-refractivity contribution in [3.05, 3.63) is 0 Å². The molecular formula is C42H68O12. The fourth-order valence-electron chi connectivity index (χ4n) is 7.88. The second-order valence-electron chi connectivity index (χ2n) is 15.8. The summed E-state index contributed by atoms with van der Waals surface area (Å²) in [5.74, 6) is -0.801. The molecule has 308 valence electrons. The molecule has 0 heterocycles. The van der Waals surface area contributed by atoms with Gasteiger partial charge in [0.25, 0.3) is 0 Å². The van der Waals surface area contributed by atoms with Crippen LogP contribution in [0, 0.1) is 17.8 Å². The lowest BCUT2D eigenvalue weighted by Gasteiger charge is -2.22. The van der Waals surface area contributed by atoms with Crippen LogP contribution in [-0.4, -0.2) is 79.4 Å². The summed E-state index contributed by atoms with van der Waals surface area (Å²) >= 11 is 0. The SMILES string of the molecule is O=C(CCCC(=O)OC(CO)COC(=O)CCC1CCCCC1)CCCC(=O)OC(COC(=O)CCC1CCCCC1)COC(=O)CCC1CCCCC1. The van der Waals surface area contributed by atoms with E-state index in [0.29, 0.717) is 37.0 Å². The predicted octanol–water partition coefficient (Wildman–Crippen LogP) is 7.42. The monoisotopic (exact) mass is 764 g/mol. The Morgan fingerprint density at radius 3 is 1.11 bits per heavy atom. The zero-order valence-corrected chi connectivity index (χ0v) is 32.7. The van der Waals surface area contributed by atoms with Gasteiger partial charge in [-0.25, -0.2) is 0 Å². The molecule has 0 amide bonds. The molecule has 12 heteroatoms. The molecule has 0 aliphatic heterocycles. The molecule has 3 saturated carbocycles. The molecule has 0 saturated heterocycles. The number of ether oxygens (including phenoxy) is 5. The molecule has 3 aliphatic carbocycles. The molecule has 54 heavy (non-hydrogen) atoms. The van der Waals surface area contributed by atoms with Crippen LogP contribution in [0.2, 0.25) is 0 Å². The van der Waals surface area contributed by atoms with Crippen molar-refractivity contribution in [2.45, 2.75) is 186 Å². The van der Waals surface area contributed by atoms with Gasteiger partial charge >= 0.3 is 29.8 Å². The van der Waals surface area contributed by atoms with Gasteiger partial charge in [0, 0.05) is 44.9 Å². The van der Waals surface area contributed by atoms with E-state index in [1.807, 2.05) is 0 Å². The predicted molar refractivity (Wildman–Crippen MR) is 200 cm³/mol. The van der Waals surface area contributed by atoms with Crippen molar-refractivity contribution < 1.29 is 57.6 Å². The van der Waals surface area contributed by atoms with Gasteiger partial charge < -0.3 is 28.8 Å². The maximum atomic E-state index is 12.7. The van der Waals surface area contributed by atoms with Crippen LogP contribution in [0.15, 0.2) is 0 Å². The molecule has 0 aromatic carbocycles. The molecule has 1 atom stereocenters. The maximum absolute atomic E-state index is 12.7. The van der Waals surface area contributed by atoms with E-state index in [9.17, 15) is 33.9 Å². The summed E-state index contributed by atoms with van der Waals surface area (Å²) < 4.78 is 26.9. The molecule has 3 fully saturated rings. The van der Waals surface area contributed by atoms with Crippen LogP contribution in [0.25, 0.3) is 0 Å². The van der Waals surface area contributed by atoms with Crippen LogP contribution in [0.4, 0.5) is 0 Å². The van der Waals surface area contributed by atoms with Crippen LogP contribution < -0.4 is 0 Å². The summed E-state index contributed by atoms with van der Waals surface area (Å²) in [6.07, 6.45) is 19.6. The quantitative estimate of drug-likeness (QED) is 0.0684. The molecule has 12 nitrogen and oxygen atoms in total. The minimum atomic E-state index is -0.961. The van der Waals surface area contributed by atoms with Crippen LogP contribution in [0.5, 0.6) is 0 Å². The highest BCUT2D eigenvalue weighted by Gasteiger charge is 2.23. The molecule has 0 radical (unpaired) electrons. The van der Waals surface area contributed by atoms with Gasteiger partial charge in [0.2, 0.25) is 0 Å². The van der Waals surface area contributed by atoms with E-state index in [2.05, 4.69) is 0 Å². The van der Waals surface area contributed by atoms with Crippen molar-refractivity contribution in [2.75, 3.05) is 26.4 Å². The Bertz CT molecular complexity index is 1080. The van der Waals surface area contributed by atoms with Gasteiger partial charge in [-0.2, -0.15) is 0 Å². The average molecular weight is 765 g/mol. The van der Waals surface area contributed by atoms with Gasteiger partial charge in [-0.1, -0.05) is 96.3 Å². The number of hydrogen-bond donors (Lipinski definition) is 1. The van der Waals surface area contributed by atoms with Gasteiger partial charge in [-0.3, -0.25) is 28.8 Å². The van der Waals surface area contributed by atoms with Crippen molar-refractivity contribution in [3.8, 4) is 0 Å². The number of aliphatic hydroxyl groups excluding tert-OH is 1. The highest BCUT2D eigenvalue weighted by Crippen LogP contribution is 2.29. The summed E-state index contributed by atoms with van der Waals surface area (Å²) in [6, 6.07) is 0. The third kappa shape index (κ3) is 21.2. The van der Waals surface area contributed by atoms with Crippen molar-refractivity contribution in [2.24, 2.45) is 17.8 Å². The Morgan fingerprint density at radius 1 is 0.426 bits per heavy atom. The molecule has 3 rings (SSSR count). The number of rotatable bonds is 26. The van der Waals surface area contributed by atoms with Crippen molar-refractivity contribution in [1.29, 1.82) is 0 Å². The third-order valence-electron chi connectivity index (χ3n) is 11.2. The Morgan fingerprint density at radius 2 is 0.759 bits per heavy atom. The molecule has 0 bridgehead atoms. The van der Waals surface area contributed by atoms with Crippen molar-refractivity contribution in [3.63, 3.8) is 0 Å². The summed E-state index contributed by atoms with van der Waals surface area (Å²) in [7, 11) is 0. The summed E-state index contributed by atoms with van der Waals surface area (Å²) in [5.41, 5.74) is 0. The van der Waals surface area contributed by atoms with Gasteiger partial charge in [0.15, 0.2) is 12.2 Å². The standard InChI is InChI=1S/C42H68O12/c43-28-36(29-50-38(45)25-22-32-12-4-1-5-13-32)53-41(48)20-10-18-35(44)19-11-21-42(49)54-37(30-51-39(46)26-23-33-14-6-2-7-15-33)31-52-40(47)27-24-34-16-8-3-9-17-34/h32-34,36-37,43H,1-31H2. The first-order valence-corrected chi connectivity index (χ1v) is 21.2. The normalized spacial score (nSPS) is 17.7. The Hall–Kier alpha value is -3.02. The molecule has 3 aliphatic rings. The zero-order valence-electron chi connectivity index (χ0n) is 32.7. The minimum Gasteiger partial charge on any atom is -0.462 e. The van der Waals surface area contributed by atoms with Crippen LogP contribution in [-0.2, 0) is 52.5 Å². The summed E-state index contributed by atoms with van der Waals surface area (Å²) in [6.45, 7) is -1.11. The number of aliphatic hydroxyl groups is 1. The fraction of sp³-hybridized carbons (Fsp3) is 0.857. The van der Waals surface area contributed by atoms with E-state index in [0.717, 1.165) is 57.8 Å². The summed E-state index contributed by atoms with van der Waals surface area (Å²) in [5, 5.41) is 9.57. The highest BCUT2D eigenvalue weighted by molar-refractivity contribution is 5.80. The number of ketones is 1. The fourth-order valence-corrected chi connectivity index (χ4v) is 7.88. The lowest BCUT2D eigenvalue weighted by molar-refractivity contribution is -0.167. The van der Waals surface area contributed by atoms with Crippen LogP contribution in [0.3, 0.4) is 0 Å². The Kier molecular flexibility index (Phi) is 23.1. The number of carbonyl (C=O) groups excluding carboxylic acids is 6. The first kappa shape index (κ1) is 45.4. The van der Waals surface area contributed by atoms with Crippen molar-refractivity contribution >= 4 is 35.6 Å². The van der Waals surface area contributed by atoms with E-state index in [1.54, 1.807) is 0 Å². The van der Waals surface area contributed by atoms with E-state index in [1.165, 1.54) is 57.8 Å². The van der Waals surface area contributed by atoms with E-state index in [4.69, 9.17) is 23.7 Å². The van der Waals surface area contributed by atoms with Gasteiger partial charge in [0.1, 0.15) is 25.6 Å². The first-order chi connectivity index (χ1) is 26.2. The zero-order chi connectivity index (χ0) is 38.8. The van der Waals surface area contributed by atoms with E-state index in [-0.39, 0.29) is 82.0 Å². The van der Waals surface area contributed by atoms with Gasteiger partial charge in [0.05, 0.1) is 6.61 Å². The summed E-state index contributed by atoms with van der Waals surface area (Å²) in [4.78, 5) is 74.5. The molecule has 0 spiro atoms. The smallest absolute Gasteiger partial charge is 0.306 e. The van der Waals surface area contributed by atoms with Crippen LogP contribution in [0.1, 0.15) is 173 Å². The number of Topliss-reactive ketones (excluding diaryl/α,β-unsaturated/α-hetero) is 1. The van der Waals surface area contributed by atoms with E-state index >= 15 is 0 Å². The molecule has 0 aromatic rings. The Labute approximate surface area is 322 Å². The Balaban J connectivity index is 1.30. The largest absolute Gasteiger partial charge is 0.462 e. The number of carbonyl (C=O) groups is 6. The van der Waals surface area contributed by atoms with Gasteiger partial charge in [-0.15, -0.1) is 0 Å². The minimum absolute atomic E-state index is 0.0413. The lowest BCUT2D eigenvalue weighted by Crippen LogP contribution is -2.31. The highest BCUT2D eigenvalue weighted by atomic mass is 16.6. The third-order valence-corrected chi connectivity index (χ3v) is 11.2. The first-order valence-electron chi connectivity index (χ1n) is 21.2. The number of hydrogen-bond acceptors (Lipinski definition) is 12. The second kappa shape index (κ2) is 27.5. The van der Waals surface area contributed by atoms with Crippen LogP contribution >= 0.6 is 0 Å².